The monoisotopic (exact) mass is 348 g/mol. The number of thiophene rings is 1. The van der Waals surface area contributed by atoms with Crippen LogP contribution in [-0.2, 0) is 11.2 Å². The molecule has 0 atom stereocenters. The Morgan fingerprint density at radius 1 is 1.30 bits per heavy atom. The summed E-state index contributed by atoms with van der Waals surface area (Å²) in [6.07, 6.45) is 1.75. The Balaban J connectivity index is 2.18. The third-order valence-electron chi connectivity index (χ3n) is 3.17. The molecule has 4 nitrogen and oxygen atoms in total. The molecule has 0 saturated heterocycles. The molecule has 1 aromatic carbocycles. The lowest BCUT2D eigenvalue weighted by molar-refractivity contribution is 0.0602. The Morgan fingerprint density at radius 3 is 2.70 bits per heavy atom. The van der Waals surface area contributed by atoms with Crippen LogP contribution in [0.15, 0.2) is 36.4 Å². The van der Waals surface area contributed by atoms with Gasteiger partial charge in [-0.2, -0.15) is 0 Å². The second-order valence-corrected chi connectivity index (χ2v) is 6.54. The third kappa shape index (κ3) is 5.04. The third-order valence-corrected chi connectivity index (χ3v) is 4.47. The molecule has 2 rings (SSSR count). The molecule has 122 valence electrons. The summed E-state index contributed by atoms with van der Waals surface area (Å²) in [6.45, 7) is 2.86. The van der Waals surface area contributed by atoms with Crippen LogP contribution >= 0.6 is 23.6 Å². The average molecular weight is 348 g/mol. The van der Waals surface area contributed by atoms with Gasteiger partial charge in [0.05, 0.1) is 12.7 Å². The molecule has 0 amide bonds. The molecule has 1 heterocycles. The highest BCUT2D eigenvalue weighted by molar-refractivity contribution is 7.80. The maximum absolute atomic E-state index is 12.0. The number of carbonyl (C=O) groups excluding carboxylic acids is 1. The molecule has 2 aromatic rings. The topological polar surface area (TPSA) is 50.4 Å². The van der Waals surface area contributed by atoms with E-state index in [1.165, 1.54) is 24.0 Å². The SMILES string of the molecule is CCCNC(=S)Nc1sc(Cc2ccccc2)cc1C(=O)OC. The van der Waals surface area contributed by atoms with Crippen molar-refractivity contribution in [3.63, 3.8) is 0 Å². The first-order valence-electron chi connectivity index (χ1n) is 7.43. The van der Waals surface area contributed by atoms with Gasteiger partial charge in [-0.3, -0.25) is 0 Å². The molecule has 0 aliphatic rings. The van der Waals surface area contributed by atoms with Gasteiger partial charge in [0.2, 0.25) is 0 Å². The summed E-state index contributed by atoms with van der Waals surface area (Å²) in [7, 11) is 1.38. The largest absolute Gasteiger partial charge is 0.465 e. The number of rotatable bonds is 6. The standard InChI is InChI=1S/C17H20N2O2S2/c1-3-9-18-17(22)19-15-14(16(20)21-2)11-13(23-15)10-12-7-5-4-6-8-12/h4-8,11H,3,9-10H2,1-2H3,(H2,18,19,22). The summed E-state index contributed by atoms with van der Waals surface area (Å²) < 4.78 is 4.87. The Hall–Kier alpha value is -1.92. The number of nitrogens with one attached hydrogen (secondary N) is 2. The number of methoxy groups -OCH3 is 1. The number of hydrogen-bond donors (Lipinski definition) is 2. The lowest BCUT2D eigenvalue weighted by Gasteiger charge is -2.09. The first-order valence-corrected chi connectivity index (χ1v) is 8.66. The summed E-state index contributed by atoms with van der Waals surface area (Å²) in [4.78, 5) is 13.1. The van der Waals surface area contributed by atoms with Crippen LogP contribution < -0.4 is 10.6 Å². The van der Waals surface area contributed by atoms with Crippen molar-refractivity contribution in [3.05, 3.63) is 52.4 Å². The molecule has 0 aliphatic heterocycles. The Kier molecular flexibility index (Phi) is 6.55. The maximum Gasteiger partial charge on any atom is 0.340 e. The van der Waals surface area contributed by atoms with Gasteiger partial charge in [0.25, 0.3) is 0 Å². The van der Waals surface area contributed by atoms with Gasteiger partial charge in [-0.1, -0.05) is 37.3 Å². The zero-order valence-corrected chi connectivity index (χ0v) is 14.9. The zero-order valence-electron chi connectivity index (χ0n) is 13.2. The van der Waals surface area contributed by atoms with Crippen molar-refractivity contribution in [1.29, 1.82) is 0 Å². The van der Waals surface area contributed by atoms with Gasteiger partial charge in [-0.25, -0.2) is 4.79 Å². The van der Waals surface area contributed by atoms with Crippen molar-refractivity contribution in [3.8, 4) is 0 Å². The summed E-state index contributed by atoms with van der Waals surface area (Å²) >= 11 is 6.78. The van der Waals surface area contributed by atoms with Crippen molar-refractivity contribution in [2.45, 2.75) is 19.8 Å². The first kappa shape index (κ1) is 17.4. The predicted molar refractivity (Wildman–Crippen MR) is 99.4 cm³/mol. The number of ether oxygens (including phenoxy) is 1. The minimum absolute atomic E-state index is 0.360. The van der Waals surface area contributed by atoms with E-state index in [9.17, 15) is 4.79 Å². The van der Waals surface area contributed by atoms with Gasteiger partial charge in [0, 0.05) is 17.8 Å². The van der Waals surface area contributed by atoms with Crippen molar-refractivity contribution in [2.75, 3.05) is 19.0 Å². The van der Waals surface area contributed by atoms with E-state index in [-0.39, 0.29) is 5.97 Å². The molecule has 0 radical (unpaired) electrons. The van der Waals surface area contributed by atoms with Crippen LogP contribution in [-0.4, -0.2) is 24.7 Å². The molecule has 2 N–H and O–H groups in total. The Morgan fingerprint density at radius 2 is 2.04 bits per heavy atom. The molecule has 0 unspecified atom stereocenters. The molecule has 0 spiro atoms. The van der Waals surface area contributed by atoms with Crippen molar-refractivity contribution < 1.29 is 9.53 Å². The molecule has 0 aliphatic carbocycles. The van der Waals surface area contributed by atoms with Gasteiger partial charge < -0.3 is 15.4 Å². The number of anilines is 1. The van der Waals surface area contributed by atoms with Crippen LogP contribution in [0.4, 0.5) is 5.00 Å². The van der Waals surface area contributed by atoms with E-state index in [2.05, 4.69) is 29.7 Å². The van der Waals surface area contributed by atoms with Crippen LogP contribution in [0.2, 0.25) is 0 Å². The number of hydrogen-bond acceptors (Lipinski definition) is 4. The van der Waals surface area contributed by atoms with Crippen molar-refractivity contribution in [2.24, 2.45) is 0 Å². The van der Waals surface area contributed by atoms with E-state index in [1.54, 1.807) is 0 Å². The van der Waals surface area contributed by atoms with Crippen molar-refractivity contribution >= 4 is 39.6 Å². The highest BCUT2D eigenvalue weighted by Gasteiger charge is 2.17. The van der Waals surface area contributed by atoms with Crippen LogP contribution in [0.1, 0.15) is 34.1 Å². The van der Waals surface area contributed by atoms with Crippen LogP contribution in [0.25, 0.3) is 0 Å². The zero-order chi connectivity index (χ0) is 16.7. The molecule has 6 heteroatoms. The minimum Gasteiger partial charge on any atom is -0.465 e. The van der Waals surface area contributed by atoms with E-state index >= 15 is 0 Å². The highest BCUT2D eigenvalue weighted by atomic mass is 32.1. The highest BCUT2D eigenvalue weighted by Crippen LogP contribution is 2.30. The fourth-order valence-corrected chi connectivity index (χ4v) is 3.42. The van der Waals surface area contributed by atoms with Gasteiger partial charge >= 0.3 is 5.97 Å². The molecule has 0 bridgehead atoms. The number of benzene rings is 1. The van der Waals surface area contributed by atoms with Crippen molar-refractivity contribution in [1.82, 2.24) is 5.32 Å². The van der Waals surface area contributed by atoms with Gasteiger partial charge in [-0.15, -0.1) is 11.3 Å². The quantitative estimate of drug-likeness (QED) is 0.614. The van der Waals surface area contributed by atoms with E-state index in [4.69, 9.17) is 17.0 Å². The molecule has 1 aromatic heterocycles. The van der Waals surface area contributed by atoms with E-state index in [1.807, 2.05) is 24.3 Å². The summed E-state index contributed by atoms with van der Waals surface area (Å²) in [5.74, 6) is -0.360. The number of thiocarbonyl (C=S) groups is 1. The number of carbonyl (C=O) groups is 1. The first-order chi connectivity index (χ1) is 11.1. The summed E-state index contributed by atoms with van der Waals surface area (Å²) in [5.41, 5.74) is 1.72. The van der Waals surface area contributed by atoms with Crippen LogP contribution in [0.5, 0.6) is 0 Å². The second-order valence-electron chi connectivity index (χ2n) is 4.99. The van der Waals surface area contributed by atoms with E-state index in [0.29, 0.717) is 10.7 Å². The summed E-state index contributed by atoms with van der Waals surface area (Å²) in [6, 6.07) is 12.0. The van der Waals surface area contributed by atoms with E-state index < -0.39 is 0 Å². The lowest BCUT2D eigenvalue weighted by Crippen LogP contribution is -2.29. The van der Waals surface area contributed by atoms with E-state index in [0.717, 1.165) is 29.3 Å². The predicted octanol–water partition coefficient (Wildman–Crippen LogP) is 3.82. The molecule has 0 fully saturated rings. The second kappa shape index (κ2) is 8.64. The average Bonchev–Trinajstić information content (AvgIpc) is 2.95. The fourth-order valence-electron chi connectivity index (χ4n) is 2.07. The molecular weight excluding hydrogens is 328 g/mol. The van der Waals surface area contributed by atoms with Gasteiger partial charge in [0.15, 0.2) is 5.11 Å². The van der Waals surface area contributed by atoms with Crippen LogP contribution in [0.3, 0.4) is 0 Å². The smallest absolute Gasteiger partial charge is 0.340 e. The van der Waals surface area contributed by atoms with Gasteiger partial charge in [0.1, 0.15) is 5.00 Å². The fraction of sp³-hybridized carbons (Fsp3) is 0.294. The normalized spacial score (nSPS) is 10.2. The number of esters is 1. The summed E-state index contributed by atoms with van der Waals surface area (Å²) in [5, 5.41) is 7.44. The Labute approximate surface area is 145 Å². The molecule has 23 heavy (non-hydrogen) atoms. The molecule has 0 saturated carbocycles. The maximum atomic E-state index is 12.0. The van der Waals surface area contributed by atoms with Crippen LogP contribution in [0, 0.1) is 0 Å². The molecular formula is C17H20N2O2S2. The lowest BCUT2D eigenvalue weighted by atomic mass is 10.1. The minimum atomic E-state index is -0.360. The Bertz CT molecular complexity index is 668. The van der Waals surface area contributed by atoms with Gasteiger partial charge in [-0.05, 0) is 30.3 Å².